The summed E-state index contributed by atoms with van der Waals surface area (Å²) in [4.78, 5) is 53.0. The van der Waals surface area contributed by atoms with Crippen LogP contribution in [-0.4, -0.2) is 75.4 Å². The lowest BCUT2D eigenvalue weighted by Crippen LogP contribution is -2.59. The highest BCUT2D eigenvalue weighted by Gasteiger charge is 2.32. The fourth-order valence-corrected chi connectivity index (χ4v) is 3.75. The first-order valence-electron chi connectivity index (χ1n) is 11.3. The number of H-pyrrole nitrogens is 1. The van der Waals surface area contributed by atoms with E-state index in [1.165, 1.54) is 0 Å². The molecule has 0 fully saturated rings. The van der Waals surface area contributed by atoms with Crippen LogP contribution in [0.2, 0.25) is 0 Å². The van der Waals surface area contributed by atoms with Gasteiger partial charge in [0.05, 0.1) is 6.61 Å². The van der Waals surface area contributed by atoms with Gasteiger partial charge in [-0.2, -0.15) is 12.6 Å². The van der Waals surface area contributed by atoms with Crippen molar-refractivity contribution in [2.45, 2.75) is 50.9 Å². The molecular formula is C23H33N5O6S. The van der Waals surface area contributed by atoms with E-state index in [4.69, 9.17) is 10.8 Å². The van der Waals surface area contributed by atoms with Gasteiger partial charge in [-0.25, -0.2) is 4.79 Å². The number of fused-ring (bicyclic) bond motifs is 1. The second kappa shape index (κ2) is 13.1. The topological polar surface area (TPSA) is 187 Å². The number of nitrogens with one attached hydrogen (secondary N) is 4. The molecule has 3 amide bonds. The number of para-hydroxylation sites is 1. The number of carboxylic acid groups (broad SMARTS) is 1. The van der Waals surface area contributed by atoms with Crippen molar-refractivity contribution >= 4 is 47.2 Å². The Hall–Kier alpha value is -3.09. The van der Waals surface area contributed by atoms with Crippen molar-refractivity contribution in [3.63, 3.8) is 0 Å². The molecule has 192 valence electrons. The molecule has 0 spiro atoms. The molecule has 0 saturated carbocycles. The van der Waals surface area contributed by atoms with Gasteiger partial charge < -0.3 is 36.9 Å². The summed E-state index contributed by atoms with van der Waals surface area (Å²) in [5, 5.41) is 27.0. The predicted octanol–water partition coefficient (Wildman–Crippen LogP) is -0.455. The van der Waals surface area contributed by atoms with Gasteiger partial charge in [0.25, 0.3) is 0 Å². The second-order valence-electron chi connectivity index (χ2n) is 8.37. The van der Waals surface area contributed by atoms with Crippen molar-refractivity contribution in [2.24, 2.45) is 11.7 Å². The Labute approximate surface area is 208 Å². The molecule has 1 aromatic carbocycles. The zero-order chi connectivity index (χ0) is 26.1. The van der Waals surface area contributed by atoms with Gasteiger partial charge in [-0.05, 0) is 17.5 Å². The van der Waals surface area contributed by atoms with Crippen LogP contribution >= 0.6 is 12.6 Å². The average molecular weight is 508 g/mol. The van der Waals surface area contributed by atoms with Gasteiger partial charge in [-0.15, -0.1) is 0 Å². The van der Waals surface area contributed by atoms with Gasteiger partial charge >= 0.3 is 5.97 Å². The summed E-state index contributed by atoms with van der Waals surface area (Å²) in [6.45, 7) is 2.92. The van der Waals surface area contributed by atoms with E-state index in [0.717, 1.165) is 16.5 Å². The van der Waals surface area contributed by atoms with Crippen molar-refractivity contribution in [3.05, 3.63) is 36.0 Å². The number of aliphatic carboxylic acids is 1. The molecule has 0 aliphatic heterocycles. The van der Waals surface area contributed by atoms with E-state index in [0.29, 0.717) is 6.42 Å². The number of rotatable bonds is 13. The summed E-state index contributed by atoms with van der Waals surface area (Å²) >= 11 is 4.10. The standard InChI is InChI=1S/C23H33N5O6S/c1-3-12(2)19(23(33)34)28-21(31)17(8-13-9-25-16-7-5-4-6-14(13)16)26-22(32)18(11-35)27-20(30)15(24)10-29/h4-7,9,12,15,17-19,25,29,35H,3,8,10-11,24H2,1-2H3,(H,26,32)(H,27,30)(H,28,31)(H,33,34). The van der Waals surface area contributed by atoms with Crippen LogP contribution in [0.5, 0.6) is 0 Å². The number of aromatic nitrogens is 1. The van der Waals surface area contributed by atoms with E-state index in [2.05, 4.69) is 33.6 Å². The van der Waals surface area contributed by atoms with Crippen molar-refractivity contribution in [3.8, 4) is 0 Å². The molecule has 0 saturated heterocycles. The Morgan fingerprint density at radius 1 is 1.06 bits per heavy atom. The van der Waals surface area contributed by atoms with Crippen LogP contribution < -0.4 is 21.7 Å². The second-order valence-corrected chi connectivity index (χ2v) is 8.73. The smallest absolute Gasteiger partial charge is 0.326 e. The lowest BCUT2D eigenvalue weighted by Gasteiger charge is -2.26. The number of thiol groups is 1. The SMILES string of the molecule is CCC(C)C(NC(=O)C(Cc1c[nH]c2ccccc12)NC(=O)C(CS)NC(=O)C(N)CO)C(=O)O. The zero-order valence-corrected chi connectivity index (χ0v) is 20.5. The van der Waals surface area contributed by atoms with Gasteiger partial charge in [-0.1, -0.05) is 38.5 Å². The van der Waals surface area contributed by atoms with Gasteiger partial charge in [0.15, 0.2) is 0 Å². The molecule has 0 aliphatic rings. The third-order valence-electron chi connectivity index (χ3n) is 5.86. The lowest BCUT2D eigenvalue weighted by atomic mass is 9.98. The van der Waals surface area contributed by atoms with E-state index in [1.807, 2.05) is 31.2 Å². The first-order valence-corrected chi connectivity index (χ1v) is 11.9. The molecule has 5 unspecified atom stereocenters. The molecule has 11 nitrogen and oxygen atoms in total. The van der Waals surface area contributed by atoms with Crippen molar-refractivity contribution < 1.29 is 29.4 Å². The minimum absolute atomic E-state index is 0.0673. The number of aliphatic hydroxyl groups excluding tert-OH is 1. The summed E-state index contributed by atoms with van der Waals surface area (Å²) in [7, 11) is 0. The molecule has 8 N–H and O–H groups in total. The molecule has 0 radical (unpaired) electrons. The van der Waals surface area contributed by atoms with Crippen LogP contribution in [0.3, 0.4) is 0 Å². The quantitative estimate of drug-likeness (QED) is 0.169. The Kier molecular flexibility index (Phi) is 10.6. The van der Waals surface area contributed by atoms with Crippen LogP contribution in [0.4, 0.5) is 0 Å². The van der Waals surface area contributed by atoms with E-state index in [-0.39, 0.29) is 18.1 Å². The van der Waals surface area contributed by atoms with Crippen molar-refractivity contribution in [2.75, 3.05) is 12.4 Å². The molecule has 35 heavy (non-hydrogen) atoms. The van der Waals surface area contributed by atoms with Crippen LogP contribution in [0, 0.1) is 5.92 Å². The summed E-state index contributed by atoms with van der Waals surface area (Å²) in [5.41, 5.74) is 7.08. The van der Waals surface area contributed by atoms with Gasteiger partial charge in [0, 0.05) is 29.3 Å². The summed E-state index contributed by atoms with van der Waals surface area (Å²) in [5.74, 6) is -3.74. The number of hydrogen-bond acceptors (Lipinski definition) is 7. The normalized spacial score (nSPS) is 15.5. The fraction of sp³-hybridized carbons (Fsp3) is 0.478. The number of nitrogens with two attached hydrogens (primary N) is 1. The summed E-state index contributed by atoms with van der Waals surface area (Å²) in [6.07, 6.45) is 2.31. The van der Waals surface area contributed by atoms with E-state index in [9.17, 15) is 24.3 Å². The van der Waals surface area contributed by atoms with Gasteiger partial charge in [-0.3, -0.25) is 14.4 Å². The third kappa shape index (κ3) is 7.44. The van der Waals surface area contributed by atoms with Crippen molar-refractivity contribution in [1.82, 2.24) is 20.9 Å². The highest BCUT2D eigenvalue weighted by Crippen LogP contribution is 2.19. The maximum absolute atomic E-state index is 13.2. The molecule has 1 aromatic heterocycles. The highest BCUT2D eigenvalue weighted by molar-refractivity contribution is 7.80. The third-order valence-corrected chi connectivity index (χ3v) is 6.22. The number of aliphatic hydroxyl groups is 1. The number of hydrogen-bond donors (Lipinski definition) is 8. The summed E-state index contributed by atoms with van der Waals surface area (Å²) in [6, 6.07) is 2.80. The molecule has 2 rings (SSSR count). The number of carboxylic acids is 1. The number of benzene rings is 1. The van der Waals surface area contributed by atoms with E-state index < -0.39 is 54.5 Å². The fourth-order valence-electron chi connectivity index (χ4n) is 3.49. The molecule has 12 heteroatoms. The molecule has 1 heterocycles. The zero-order valence-electron chi connectivity index (χ0n) is 19.7. The first-order chi connectivity index (χ1) is 16.6. The number of carbonyl (C=O) groups is 4. The van der Waals surface area contributed by atoms with E-state index >= 15 is 0 Å². The number of amides is 3. The molecular weight excluding hydrogens is 474 g/mol. The van der Waals surface area contributed by atoms with Crippen LogP contribution in [0.25, 0.3) is 10.9 Å². The maximum Gasteiger partial charge on any atom is 0.326 e. The molecule has 5 atom stereocenters. The number of carbonyl (C=O) groups excluding carboxylic acids is 3. The Morgan fingerprint density at radius 3 is 2.29 bits per heavy atom. The minimum Gasteiger partial charge on any atom is -0.480 e. The highest BCUT2D eigenvalue weighted by atomic mass is 32.1. The Morgan fingerprint density at radius 2 is 1.69 bits per heavy atom. The largest absolute Gasteiger partial charge is 0.480 e. The van der Waals surface area contributed by atoms with Crippen molar-refractivity contribution in [1.29, 1.82) is 0 Å². The molecule has 0 bridgehead atoms. The Bertz CT molecular complexity index is 1040. The Balaban J connectivity index is 2.29. The van der Waals surface area contributed by atoms with Gasteiger partial charge in [0.1, 0.15) is 24.2 Å². The molecule has 2 aromatic rings. The first kappa shape index (κ1) is 28.1. The predicted molar refractivity (Wildman–Crippen MR) is 134 cm³/mol. The number of aromatic amines is 1. The lowest BCUT2D eigenvalue weighted by molar-refractivity contribution is -0.143. The van der Waals surface area contributed by atoms with E-state index in [1.54, 1.807) is 13.1 Å². The van der Waals surface area contributed by atoms with Crippen LogP contribution in [0.15, 0.2) is 30.5 Å². The van der Waals surface area contributed by atoms with Gasteiger partial charge in [0.2, 0.25) is 17.7 Å². The monoisotopic (exact) mass is 507 g/mol. The van der Waals surface area contributed by atoms with Crippen LogP contribution in [-0.2, 0) is 25.6 Å². The molecule has 0 aliphatic carbocycles. The van der Waals surface area contributed by atoms with Crippen LogP contribution in [0.1, 0.15) is 25.8 Å². The minimum atomic E-state index is -1.22. The summed E-state index contributed by atoms with van der Waals surface area (Å²) < 4.78 is 0. The maximum atomic E-state index is 13.2. The average Bonchev–Trinajstić information content (AvgIpc) is 3.26.